The van der Waals surface area contributed by atoms with Crippen molar-refractivity contribution >= 4 is 5.82 Å². The fraction of sp³-hybridized carbons (Fsp3) is 0.529. The van der Waals surface area contributed by atoms with Crippen LogP contribution in [0.15, 0.2) is 29.5 Å². The molecule has 2 aromatic heterocycles. The fourth-order valence-electron chi connectivity index (χ4n) is 3.78. The van der Waals surface area contributed by atoms with E-state index in [1.807, 2.05) is 0 Å². The number of anilines is 1. The van der Waals surface area contributed by atoms with Crippen LogP contribution in [0, 0.1) is 0 Å². The van der Waals surface area contributed by atoms with Gasteiger partial charge in [0.05, 0.1) is 12.6 Å². The molecule has 0 amide bonds. The lowest BCUT2D eigenvalue weighted by Gasteiger charge is -2.29. The van der Waals surface area contributed by atoms with Crippen molar-refractivity contribution in [2.24, 2.45) is 0 Å². The molecule has 2 aliphatic rings. The lowest BCUT2D eigenvalue weighted by Crippen LogP contribution is -2.38. The average molecular weight is 311 g/mol. The molecule has 4 rings (SSSR count). The lowest BCUT2D eigenvalue weighted by molar-refractivity contribution is 0.485. The average Bonchev–Trinajstić information content (AvgIpc) is 3.04. The number of fused-ring (bicyclic) bond motifs is 1. The van der Waals surface area contributed by atoms with Crippen molar-refractivity contribution in [3.8, 4) is 0 Å². The van der Waals surface area contributed by atoms with E-state index in [9.17, 15) is 4.79 Å². The zero-order valence-electron chi connectivity index (χ0n) is 13.2. The van der Waals surface area contributed by atoms with Gasteiger partial charge >= 0.3 is 0 Å². The third-order valence-electron chi connectivity index (χ3n) is 4.92. The third kappa shape index (κ3) is 2.73. The molecular weight excluding hydrogens is 290 g/mol. The van der Waals surface area contributed by atoms with E-state index in [1.54, 1.807) is 29.3 Å². The van der Waals surface area contributed by atoms with Gasteiger partial charge in [0.25, 0.3) is 5.56 Å². The fourth-order valence-corrected chi connectivity index (χ4v) is 3.78. The third-order valence-corrected chi connectivity index (χ3v) is 4.92. The Hall–Kier alpha value is -2.24. The highest BCUT2D eigenvalue weighted by Gasteiger charge is 2.29. The van der Waals surface area contributed by atoms with Gasteiger partial charge in [0, 0.05) is 30.1 Å². The summed E-state index contributed by atoms with van der Waals surface area (Å²) in [6, 6.07) is 3.54. The van der Waals surface area contributed by atoms with Gasteiger partial charge in [0.2, 0.25) is 0 Å². The first-order valence-corrected chi connectivity index (χ1v) is 8.44. The zero-order chi connectivity index (χ0) is 15.6. The summed E-state index contributed by atoms with van der Waals surface area (Å²) in [5.74, 6) is 1.08. The molecule has 2 aromatic rings. The maximum Gasteiger partial charge on any atom is 0.266 e. The van der Waals surface area contributed by atoms with Crippen LogP contribution in [-0.4, -0.2) is 32.3 Å². The van der Waals surface area contributed by atoms with E-state index in [1.165, 1.54) is 24.1 Å². The van der Waals surface area contributed by atoms with Crippen LogP contribution in [0.3, 0.4) is 0 Å². The predicted octanol–water partition coefficient (Wildman–Crippen LogP) is 1.58. The highest BCUT2D eigenvalue weighted by atomic mass is 16.1. The van der Waals surface area contributed by atoms with E-state index in [-0.39, 0.29) is 11.6 Å². The molecule has 0 radical (unpaired) electrons. The Kier molecular flexibility index (Phi) is 3.81. The van der Waals surface area contributed by atoms with Gasteiger partial charge in [-0.2, -0.15) is 5.10 Å². The lowest BCUT2D eigenvalue weighted by atomic mass is 9.96. The van der Waals surface area contributed by atoms with Gasteiger partial charge in [0.15, 0.2) is 0 Å². The van der Waals surface area contributed by atoms with Crippen molar-refractivity contribution in [3.63, 3.8) is 0 Å². The zero-order valence-corrected chi connectivity index (χ0v) is 13.2. The summed E-state index contributed by atoms with van der Waals surface area (Å²) in [6.45, 7) is 1.62. The highest BCUT2D eigenvalue weighted by molar-refractivity contribution is 5.51. The van der Waals surface area contributed by atoms with Gasteiger partial charge < -0.3 is 4.90 Å². The molecule has 1 aliphatic heterocycles. The van der Waals surface area contributed by atoms with Crippen LogP contribution in [-0.2, 0) is 19.4 Å². The minimum absolute atomic E-state index is 0.0379. The van der Waals surface area contributed by atoms with E-state index in [0.717, 1.165) is 38.0 Å². The van der Waals surface area contributed by atoms with Crippen LogP contribution in [0.5, 0.6) is 0 Å². The number of rotatable bonds is 3. The van der Waals surface area contributed by atoms with Crippen LogP contribution in [0.1, 0.15) is 36.9 Å². The number of aromatic nitrogens is 4. The molecule has 1 fully saturated rings. The Morgan fingerprint density at radius 2 is 2.09 bits per heavy atom. The molecule has 1 saturated heterocycles. The second-order valence-electron chi connectivity index (χ2n) is 6.36. The SMILES string of the molecule is O=c1cccnn1CC1CCCN1c1ncnc2c1CCCC2. The van der Waals surface area contributed by atoms with Crippen molar-refractivity contribution in [2.45, 2.75) is 51.1 Å². The number of nitrogens with zero attached hydrogens (tertiary/aromatic N) is 5. The number of hydrogen-bond acceptors (Lipinski definition) is 5. The molecule has 0 N–H and O–H groups in total. The molecule has 3 heterocycles. The van der Waals surface area contributed by atoms with Gasteiger partial charge in [0.1, 0.15) is 12.1 Å². The maximum atomic E-state index is 11.9. The molecule has 1 aliphatic carbocycles. The first kappa shape index (κ1) is 14.4. The Labute approximate surface area is 135 Å². The summed E-state index contributed by atoms with van der Waals surface area (Å²) >= 11 is 0. The monoisotopic (exact) mass is 311 g/mol. The summed E-state index contributed by atoms with van der Waals surface area (Å²) in [5, 5.41) is 4.20. The number of aryl methyl sites for hydroxylation is 1. The van der Waals surface area contributed by atoms with Crippen molar-refractivity contribution in [3.05, 3.63) is 46.3 Å². The molecule has 0 aromatic carbocycles. The Balaban J connectivity index is 1.64. The van der Waals surface area contributed by atoms with Gasteiger partial charge in [-0.25, -0.2) is 14.6 Å². The van der Waals surface area contributed by atoms with E-state index in [4.69, 9.17) is 0 Å². The van der Waals surface area contributed by atoms with Gasteiger partial charge in [-0.15, -0.1) is 0 Å². The maximum absolute atomic E-state index is 11.9. The Morgan fingerprint density at radius 1 is 1.17 bits per heavy atom. The smallest absolute Gasteiger partial charge is 0.266 e. The predicted molar refractivity (Wildman–Crippen MR) is 87.5 cm³/mol. The van der Waals surface area contributed by atoms with E-state index in [0.29, 0.717) is 6.54 Å². The first-order valence-electron chi connectivity index (χ1n) is 8.44. The minimum Gasteiger partial charge on any atom is -0.351 e. The number of hydrogen-bond donors (Lipinski definition) is 0. The van der Waals surface area contributed by atoms with Gasteiger partial charge in [-0.3, -0.25) is 4.79 Å². The normalized spacial score (nSPS) is 20.5. The topological polar surface area (TPSA) is 63.9 Å². The molecule has 23 heavy (non-hydrogen) atoms. The van der Waals surface area contributed by atoms with Crippen molar-refractivity contribution in [1.29, 1.82) is 0 Å². The molecule has 0 saturated carbocycles. The molecule has 1 atom stereocenters. The van der Waals surface area contributed by atoms with Gasteiger partial charge in [-0.05, 0) is 44.6 Å². The molecule has 6 nitrogen and oxygen atoms in total. The molecule has 120 valence electrons. The first-order chi connectivity index (χ1) is 11.3. The quantitative estimate of drug-likeness (QED) is 0.861. The molecule has 6 heteroatoms. The summed E-state index contributed by atoms with van der Waals surface area (Å²) in [5.41, 5.74) is 2.49. The van der Waals surface area contributed by atoms with Crippen molar-refractivity contribution in [1.82, 2.24) is 19.7 Å². The Morgan fingerprint density at radius 3 is 3.00 bits per heavy atom. The van der Waals surface area contributed by atoms with Crippen molar-refractivity contribution in [2.75, 3.05) is 11.4 Å². The second-order valence-corrected chi connectivity index (χ2v) is 6.36. The van der Waals surface area contributed by atoms with Gasteiger partial charge in [-0.1, -0.05) is 0 Å². The molecular formula is C17H21N5O. The molecule has 1 unspecified atom stereocenters. The summed E-state index contributed by atoms with van der Waals surface area (Å²) in [7, 11) is 0. The van der Waals surface area contributed by atoms with Crippen LogP contribution in [0.25, 0.3) is 0 Å². The van der Waals surface area contributed by atoms with E-state index >= 15 is 0 Å². The second kappa shape index (κ2) is 6.10. The van der Waals surface area contributed by atoms with Crippen LogP contribution >= 0.6 is 0 Å². The van der Waals surface area contributed by atoms with E-state index < -0.39 is 0 Å². The van der Waals surface area contributed by atoms with Crippen LogP contribution in [0.4, 0.5) is 5.82 Å². The summed E-state index contributed by atoms with van der Waals surface area (Å²) < 4.78 is 1.57. The van der Waals surface area contributed by atoms with Crippen LogP contribution < -0.4 is 10.5 Å². The van der Waals surface area contributed by atoms with Crippen molar-refractivity contribution < 1.29 is 0 Å². The molecule has 0 bridgehead atoms. The largest absolute Gasteiger partial charge is 0.351 e. The highest BCUT2D eigenvalue weighted by Crippen LogP contribution is 2.31. The Bertz CT molecular complexity index is 757. The standard InChI is InChI=1S/C17H21N5O/c23-16-8-3-9-20-22(16)11-13-5-4-10-21(13)17-14-6-1-2-7-15(14)18-12-19-17/h3,8-9,12-13H,1-2,4-7,10-11H2. The summed E-state index contributed by atoms with van der Waals surface area (Å²) in [4.78, 5) is 23.4. The van der Waals surface area contributed by atoms with E-state index in [2.05, 4.69) is 20.0 Å². The minimum atomic E-state index is -0.0379. The molecule has 0 spiro atoms. The van der Waals surface area contributed by atoms with Crippen LogP contribution in [0.2, 0.25) is 0 Å². The summed E-state index contributed by atoms with van der Waals surface area (Å²) in [6.07, 6.45) is 10.1.